The molecule has 1 fully saturated rings. The molecule has 1 aliphatic rings. The van der Waals surface area contributed by atoms with Gasteiger partial charge in [0.25, 0.3) is 0 Å². The van der Waals surface area contributed by atoms with E-state index in [1.165, 1.54) is 0 Å². The molecule has 6 heteroatoms. The molecule has 0 aliphatic carbocycles. The summed E-state index contributed by atoms with van der Waals surface area (Å²) in [5, 5.41) is 3.03. The van der Waals surface area contributed by atoms with Crippen molar-refractivity contribution < 1.29 is 9.53 Å². The van der Waals surface area contributed by atoms with Gasteiger partial charge in [0, 0.05) is 25.9 Å². The molecule has 1 aromatic rings. The van der Waals surface area contributed by atoms with Crippen LogP contribution in [0.15, 0.2) is 12.3 Å². The minimum Gasteiger partial charge on any atom is -0.478 e. The minimum absolute atomic E-state index is 0.0791. The number of nitrogens with zero attached hydrogens (tertiary/aromatic N) is 3. The van der Waals surface area contributed by atoms with Gasteiger partial charge in [0.1, 0.15) is 6.04 Å². The van der Waals surface area contributed by atoms with Gasteiger partial charge in [-0.25, -0.2) is 4.98 Å². The molecule has 92 valence electrons. The number of nitrogens with one attached hydrogen (secondary N) is 1. The Morgan fingerprint density at radius 3 is 3.12 bits per heavy atom. The molecule has 2 rings (SSSR count). The zero-order valence-corrected chi connectivity index (χ0v) is 10.0. The largest absolute Gasteiger partial charge is 0.478 e. The molecule has 17 heavy (non-hydrogen) atoms. The Labute approximate surface area is 100 Å². The Kier molecular flexibility index (Phi) is 3.41. The summed E-state index contributed by atoms with van der Waals surface area (Å²) >= 11 is 0. The zero-order chi connectivity index (χ0) is 12.3. The van der Waals surface area contributed by atoms with E-state index >= 15 is 0 Å². The van der Waals surface area contributed by atoms with Crippen molar-refractivity contribution in [2.45, 2.75) is 19.4 Å². The van der Waals surface area contributed by atoms with Crippen LogP contribution in [0.25, 0.3) is 0 Å². The monoisotopic (exact) mass is 236 g/mol. The van der Waals surface area contributed by atoms with Crippen LogP contribution < -0.4 is 10.1 Å². The molecule has 1 amide bonds. The van der Waals surface area contributed by atoms with Crippen molar-refractivity contribution in [3.05, 3.63) is 12.3 Å². The van der Waals surface area contributed by atoms with Gasteiger partial charge in [-0.3, -0.25) is 4.79 Å². The quantitative estimate of drug-likeness (QED) is 0.825. The fourth-order valence-electron chi connectivity index (χ4n) is 1.75. The predicted octanol–water partition coefficient (Wildman–Crippen LogP) is 0.518. The van der Waals surface area contributed by atoms with E-state index in [0.717, 1.165) is 13.0 Å². The maximum absolute atomic E-state index is 11.7. The minimum atomic E-state index is -0.225. The smallest absolute Gasteiger partial charge is 0.244 e. The third kappa shape index (κ3) is 2.64. The van der Waals surface area contributed by atoms with E-state index in [9.17, 15) is 4.79 Å². The fourth-order valence-corrected chi connectivity index (χ4v) is 1.75. The SMILES string of the molecule is CCOc1ccnc(NC2CCN(C)C2=O)n1. The summed E-state index contributed by atoms with van der Waals surface area (Å²) in [6.07, 6.45) is 2.39. The number of amides is 1. The van der Waals surface area contributed by atoms with Crippen molar-refractivity contribution >= 4 is 11.9 Å². The van der Waals surface area contributed by atoms with Gasteiger partial charge in [-0.2, -0.15) is 4.98 Å². The summed E-state index contributed by atoms with van der Waals surface area (Å²) in [4.78, 5) is 21.6. The van der Waals surface area contributed by atoms with Crippen LogP contribution in [-0.2, 0) is 4.79 Å². The summed E-state index contributed by atoms with van der Waals surface area (Å²) in [5.74, 6) is 1.03. The third-order valence-corrected chi connectivity index (χ3v) is 2.65. The van der Waals surface area contributed by atoms with Crippen molar-refractivity contribution in [2.75, 3.05) is 25.5 Å². The van der Waals surface area contributed by atoms with Gasteiger partial charge in [-0.05, 0) is 13.3 Å². The zero-order valence-electron chi connectivity index (χ0n) is 10.0. The van der Waals surface area contributed by atoms with E-state index < -0.39 is 0 Å². The summed E-state index contributed by atoms with van der Waals surface area (Å²) in [5.41, 5.74) is 0. The van der Waals surface area contributed by atoms with Gasteiger partial charge in [0.05, 0.1) is 6.61 Å². The van der Waals surface area contributed by atoms with Crippen molar-refractivity contribution in [3.63, 3.8) is 0 Å². The molecule has 1 aliphatic heterocycles. The highest BCUT2D eigenvalue weighted by atomic mass is 16.5. The highest BCUT2D eigenvalue weighted by Crippen LogP contribution is 2.14. The predicted molar refractivity (Wildman–Crippen MR) is 62.9 cm³/mol. The number of likely N-dealkylation sites (tertiary alicyclic amines) is 1. The maximum Gasteiger partial charge on any atom is 0.244 e. The summed E-state index contributed by atoms with van der Waals surface area (Å²) in [7, 11) is 1.79. The second kappa shape index (κ2) is 4.99. The van der Waals surface area contributed by atoms with Gasteiger partial charge in [-0.1, -0.05) is 0 Å². The number of likely N-dealkylation sites (N-methyl/N-ethyl adjacent to an activating group) is 1. The Hall–Kier alpha value is -1.85. The highest BCUT2D eigenvalue weighted by molar-refractivity contribution is 5.86. The van der Waals surface area contributed by atoms with Crippen LogP contribution in [0.2, 0.25) is 0 Å². The Morgan fingerprint density at radius 2 is 2.47 bits per heavy atom. The second-order valence-electron chi connectivity index (χ2n) is 3.90. The number of carbonyl (C=O) groups is 1. The highest BCUT2D eigenvalue weighted by Gasteiger charge is 2.29. The lowest BCUT2D eigenvalue weighted by molar-refractivity contribution is -0.127. The number of hydrogen-bond acceptors (Lipinski definition) is 5. The van der Waals surface area contributed by atoms with Gasteiger partial charge in [0.2, 0.25) is 17.7 Å². The standard InChI is InChI=1S/C11H16N4O2/c1-3-17-9-4-6-12-11(14-9)13-8-5-7-15(2)10(8)16/h4,6,8H,3,5,7H2,1-2H3,(H,12,13,14). The summed E-state index contributed by atoms with van der Waals surface area (Å²) in [6, 6.07) is 1.47. The molecule has 1 atom stereocenters. The molecule has 6 nitrogen and oxygen atoms in total. The summed E-state index contributed by atoms with van der Waals surface area (Å²) in [6.45, 7) is 3.22. The van der Waals surface area contributed by atoms with Crippen LogP contribution in [0.4, 0.5) is 5.95 Å². The van der Waals surface area contributed by atoms with E-state index in [-0.39, 0.29) is 11.9 Å². The molecule has 0 bridgehead atoms. The summed E-state index contributed by atoms with van der Waals surface area (Å²) < 4.78 is 5.27. The number of hydrogen-bond donors (Lipinski definition) is 1. The first-order valence-corrected chi connectivity index (χ1v) is 5.68. The molecule has 0 aromatic carbocycles. The number of rotatable bonds is 4. The average molecular weight is 236 g/mol. The molecule has 1 aromatic heterocycles. The topological polar surface area (TPSA) is 67.3 Å². The van der Waals surface area contributed by atoms with Gasteiger partial charge in [-0.15, -0.1) is 0 Å². The molecule has 1 unspecified atom stereocenters. The fraction of sp³-hybridized carbons (Fsp3) is 0.545. The van der Waals surface area contributed by atoms with E-state index in [2.05, 4.69) is 15.3 Å². The van der Waals surface area contributed by atoms with Crippen molar-refractivity contribution in [1.82, 2.24) is 14.9 Å². The van der Waals surface area contributed by atoms with Gasteiger partial charge < -0.3 is 15.0 Å². The second-order valence-corrected chi connectivity index (χ2v) is 3.90. The Bertz CT molecular complexity index is 410. The van der Waals surface area contributed by atoms with Crippen LogP contribution in [0, 0.1) is 0 Å². The molecule has 0 radical (unpaired) electrons. The van der Waals surface area contributed by atoms with E-state index in [0.29, 0.717) is 18.4 Å². The molecular formula is C11H16N4O2. The molecule has 0 spiro atoms. The van der Waals surface area contributed by atoms with Crippen LogP contribution in [-0.4, -0.2) is 47.0 Å². The van der Waals surface area contributed by atoms with Crippen LogP contribution >= 0.6 is 0 Å². The van der Waals surface area contributed by atoms with Gasteiger partial charge in [0.15, 0.2) is 0 Å². The number of carbonyl (C=O) groups excluding carboxylic acids is 1. The lowest BCUT2D eigenvalue weighted by atomic mass is 10.2. The van der Waals surface area contributed by atoms with Gasteiger partial charge >= 0.3 is 0 Å². The van der Waals surface area contributed by atoms with Crippen molar-refractivity contribution in [3.8, 4) is 5.88 Å². The molecule has 0 saturated carbocycles. The molecule has 1 N–H and O–H groups in total. The van der Waals surface area contributed by atoms with E-state index in [1.54, 1.807) is 24.2 Å². The van der Waals surface area contributed by atoms with Crippen LogP contribution in [0.1, 0.15) is 13.3 Å². The first-order chi connectivity index (χ1) is 8.20. The normalized spacial score (nSPS) is 19.5. The maximum atomic E-state index is 11.7. The average Bonchev–Trinajstić information content (AvgIpc) is 2.62. The third-order valence-electron chi connectivity index (χ3n) is 2.65. The number of aromatic nitrogens is 2. The van der Waals surface area contributed by atoms with E-state index in [1.807, 2.05) is 6.92 Å². The lowest BCUT2D eigenvalue weighted by Gasteiger charge is -2.12. The number of anilines is 1. The van der Waals surface area contributed by atoms with Crippen LogP contribution in [0.5, 0.6) is 5.88 Å². The van der Waals surface area contributed by atoms with Crippen molar-refractivity contribution in [2.24, 2.45) is 0 Å². The van der Waals surface area contributed by atoms with E-state index in [4.69, 9.17) is 4.74 Å². The first kappa shape index (κ1) is 11.6. The Morgan fingerprint density at radius 1 is 1.65 bits per heavy atom. The molecular weight excluding hydrogens is 220 g/mol. The molecule has 1 saturated heterocycles. The Balaban J connectivity index is 2.03. The van der Waals surface area contributed by atoms with Crippen molar-refractivity contribution in [1.29, 1.82) is 0 Å². The first-order valence-electron chi connectivity index (χ1n) is 5.68. The van der Waals surface area contributed by atoms with Crippen LogP contribution in [0.3, 0.4) is 0 Å². The number of ether oxygens (including phenoxy) is 1. The molecule has 2 heterocycles. The lowest BCUT2D eigenvalue weighted by Crippen LogP contribution is -2.31.